The zero-order valence-electron chi connectivity index (χ0n) is 16.0. The van der Waals surface area contributed by atoms with Crippen LogP contribution in [0.25, 0.3) is 0 Å². The highest BCUT2D eigenvalue weighted by Crippen LogP contribution is 2.25. The average molecular weight is 408 g/mol. The summed E-state index contributed by atoms with van der Waals surface area (Å²) in [4.78, 5) is 17.4. The van der Waals surface area contributed by atoms with Crippen LogP contribution in [0.15, 0.2) is 84.0 Å². The Hall–Kier alpha value is -3.31. The zero-order valence-corrected chi connectivity index (χ0v) is 16.8. The van der Waals surface area contributed by atoms with Crippen molar-refractivity contribution in [3.05, 3.63) is 101 Å². The van der Waals surface area contributed by atoms with E-state index in [1.807, 2.05) is 73.7 Å². The first-order chi connectivity index (χ1) is 14.0. The number of amides is 1. The number of nitrogens with two attached hydrogens (primary N) is 1. The molecule has 0 atom stereocenters. The molecule has 0 bridgehead atoms. The SMILES string of the molecule is Cc1ccc(NC(=O)CO/N=C(/N)C(c2ccccc2)c2ccccc2)c(Cl)c1. The fourth-order valence-electron chi connectivity index (χ4n) is 2.95. The van der Waals surface area contributed by atoms with Gasteiger partial charge in [-0.05, 0) is 35.7 Å². The summed E-state index contributed by atoms with van der Waals surface area (Å²) in [6.07, 6.45) is 0. The Morgan fingerprint density at radius 2 is 1.62 bits per heavy atom. The molecular formula is C23H22ClN3O2. The highest BCUT2D eigenvalue weighted by Gasteiger charge is 2.19. The molecule has 29 heavy (non-hydrogen) atoms. The summed E-state index contributed by atoms with van der Waals surface area (Å²) in [7, 11) is 0. The van der Waals surface area contributed by atoms with Gasteiger partial charge in [-0.1, -0.05) is 83.5 Å². The van der Waals surface area contributed by atoms with Crippen LogP contribution in [0, 0.1) is 6.92 Å². The number of benzene rings is 3. The minimum Gasteiger partial charge on any atom is -0.384 e. The van der Waals surface area contributed by atoms with Crippen molar-refractivity contribution in [1.29, 1.82) is 0 Å². The first kappa shape index (κ1) is 20.4. The third kappa shape index (κ3) is 5.59. The van der Waals surface area contributed by atoms with Crippen molar-refractivity contribution in [1.82, 2.24) is 0 Å². The van der Waals surface area contributed by atoms with Crippen LogP contribution in [0.1, 0.15) is 22.6 Å². The second kappa shape index (κ2) is 9.75. The van der Waals surface area contributed by atoms with Crippen molar-refractivity contribution in [3.8, 4) is 0 Å². The lowest BCUT2D eigenvalue weighted by Gasteiger charge is -2.17. The van der Waals surface area contributed by atoms with Gasteiger partial charge in [-0.3, -0.25) is 4.79 Å². The maximum absolute atomic E-state index is 12.1. The number of nitrogens with one attached hydrogen (secondary N) is 1. The predicted octanol–water partition coefficient (Wildman–Crippen LogP) is 4.71. The first-order valence-corrected chi connectivity index (χ1v) is 9.53. The van der Waals surface area contributed by atoms with E-state index < -0.39 is 0 Å². The molecule has 0 saturated carbocycles. The van der Waals surface area contributed by atoms with Crippen molar-refractivity contribution >= 4 is 29.0 Å². The lowest BCUT2D eigenvalue weighted by Crippen LogP contribution is -2.24. The van der Waals surface area contributed by atoms with Gasteiger partial charge in [-0.2, -0.15) is 0 Å². The Morgan fingerprint density at radius 3 is 2.17 bits per heavy atom. The van der Waals surface area contributed by atoms with E-state index in [-0.39, 0.29) is 24.3 Å². The molecule has 0 heterocycles. The molecule has 0 spiro atoms. The summed E-state index contributed by atoms with van der Waals surface area (Å²) >= 11 is 6.13. The largest absolute Gasteiger partial charge is 0.384 e. The molecule has 0 aromatic heterocycles. The minimum atomic E-state index is -0.372. The third-order valence-electron chi connectivity index (χ3n) is 4.33. The lowest BCUT2D eigenvalue weighted by molar-refractivity contribution is -0.120. The number of aryl methyl sites for hydroxylation is 1. The predicted molar refractivity (Wildman–Crippen MR) is 117 cm³/mol. The summed E-state index contributed by atoms with van der Waals surface area (Å²) in [5.41, 5.74) is 9.74. The van der Waals surface area contributed by atoms with Gasteiger partial charge in [0.25, 0.3) is 5.91 Å². The Kier molecular flexibility index (Phi) is 6.87. The van der Waals surface area contributed by atoms with E-state index in [1.165, 1.54) is 0 Å². The fraction of sp³-hybridized carbons (Fsp3) is 0.130. The van der Waals surface area contributed by atoms with Crippen molar-refractivity contribution in [2.45, 2.75) is 12.8 Å². The van der Waals surface area contributed by atoms with E-state index in [2.05, 4.69) is 10.5 Å². The third-order valence-corrected chi connectivity index (χ3v) is 4.64. The van der Waals surface area contributed by atoms with Gasteiger partial charge in [-0.15, -0.1) is 0 Å². The second-order valence-electron chi connectivity index (χ2n) is 6.58. The van der Waals surface area contributed by atoms with E-state index in [1.54, 1.807) is 12.1 Å². The van der Waals surface area contributed by atoms with Crippen molar-refractivity contribution in [2.75, 3.05) is 11.9 Å². The fourth-order valence-corrected chi connectivity index (χ4v) is 3.23. The topological polar surface area (TPSA) is 76.7 Å². The van der Waals surface area contributed by atoms with Gasteiger partial charge in [0.2, 0.25) is 0 Å². The summed E-state index contributed by atoms with van der Waals surface area (Å²) in [5.74, 6) is -0.376. The summed E-state index contributed by atoms with van der Waals surface area (Å²) < 4.78 is 0. The molecular weight excluding hydrogens is 386 g/mol. The molecule has 0 aliphatic carbocycles. The number of hydrogen-bond donors (Lipinski definition) is 2. The van der Waals surface area contributed by atoms with Gasteiger partial charge >= 0.3 is 0 Å². The van der Waals surface area contributed by atoms with Crippen molar-refractivity contribution in [3.63, 3.8) is 0 Å². The van der Waals surface area contributed by atoms with E-state index in [0.717, 1.165) is 16.7 Å². The smallest absolute Gasteiger partial charge is 0.265 e. The van der Waals surface area contributed by atoms with Gasteiger partial charge in [0, 0.05) is 0 Å². The van der Waals surface area contributed by atoms with Crippen LogP contribution in [0.2, 0.25) is 5.02 Å². The van der Waals surface area contributed by atoms with Gasteiger partial charge in [0.1, 0.15) is 0 Å². The maximum atomic E-state index is 12.1. The number of carbonyl (C=O) groups excluding carboxylic acids is 1. The molecule has 0 fully saturated rings. The van der Waals surface area contributed by atoms with Crippen LogP contribution in [-0.4, -0.2) is 18.3 Å². The van der Waals surface area contributed by atoms with Gasteiger partial charge < -0.3 is 15.9 Å². The molecule has 0 radical (unpaired) electrons. The van der Waals surface area contributed by atoms with Crippen LogP contribution in [0.4, 0.5) is 5.69 Å². The molecule has 3 N–H and O–H groups in total. The Labute approximate surface area is 175 Å². The Balaban J connectivity index is 1.68. The van der Waals surface area contributed by atoms with Crippen molar-refractivity contribution < 1.29 is 9.63 Å². The lowest BCUT2D eigenvalue weighted by atomic mass is 9.90. The Morgan fingerprint density at radius 1 is 1.03 bits per heavy atom. The molecule has 3 aromatic carbocycles. The van der Waals surface area contributed by atoms with Crippen LogP contribution in [0.3, 0.4) is 0 Å². The minimum absolute atomic E-state index is 0.267. The standard InChI is InChI=1S/C23H22ClN3O2/c1-16-12-13-20(19(24)14-16)26-21(28)15-29-27-23(25)22(17-8-4-2-5-9-17)18-10-6-3-7-11-18/h2-14,22H,15H2,1H3,(H2,25,27)(H,26,28). The number of carbonyl (C=O) groups is 1. The van der Waals surface area contributed by atoms with Crippen LogP contribution < -0.4 is 11.1 Å². The zero-order chi connectivity index (χ0) is 20.6. The number of anilines is 1. The molecule has 3 rings (SSSR count). The van der Waals surface area contributed by atoms with E-state index >= 15 is 0 Å². The maximum Gasteiger partial charge on any atom is 0.265 e. The molecule has 0 aliphatic heterocycles. The number of halogens is 1. The van der Waals surface area contributed by atoms with Gasteiger partial charge in [-0.25, -0.2) is 0 Å². The van der Waals surface area contributed by atoms with Crippen LogP contribution in [-0.2, 0) is 9.63 Å². The molecule has 6 heteroatoms. The number of rotatable bonds is 7. The highest BCUT2D eigenvalue weighted by molar-refractivity contribution is 6.33. The molecule has 5 nitrogen and oxygen atoms in total. The monoisotopic (exact) mass is 407 g/mol. The molecule has 0 unspecified atom stereocenters. The molecule has 1 amide bonds. The van der Waals surface area contributed by atoms with E-state index in [0.29, 0.717) is 10.7 Å². The summed E-state index contributed by atoms with van der Waals surface area (Å²) in [5, 5.41) is 7.16. The Bertz CT molecular complexity index is 952. The number of amidine groups is 1. The quantitative estimate of drug-likeness (QED) is 0.338. The highest BCUT2D eigenvalue weighted by atomic mass is 35.5. The summed E-state index contributed by atoms with van der Waals surface area (Å²) in [6, 6.07) is 24.9. The number of nitrogens with zero attached hydrogens (tertiary/aromatic N) is 1. The van der Waals surface area contributed by atoms with Crippen LogP contribution in [0.5, 0.6) is 0 Å². The summed E-state index contributed by atoms with van der Waals surface area (Å²) in [6.45, 7) is 1.65. The van der Waals surface area contributed by atoms with Gasteiger partial charge in [0.05, 0.1) is 16.6 Å². The molecule has 0 aliphatic rings. The van der Waals surface area contributed by atoms with Crippen molar-refractivity contribution in [2.24, 2.45) is 10.9 Å². The number of hydrogen-bond acceptors (Lipinski definition) is 3. The normalized spacial score (nSPS) is 11.3. The first-order valence-electron chi connectivity index (χ1n) is 9.16. The molecule has 148 valence electrons. The molecule has 0 saturated heterocycles. The van der Waals surface area contributed by atoms with Crippen LogP contribution >= 0.6 is 11.6 Å². The average Bonchev–Trinajstić information content (AvgIpc) is 2.72. The van der Waals surface area contributed by atoms with E-state index in [4.69, 9.17) is 22.2 Å². The molecule has 3 aromatic rings. The number of oxime groups is 1. The van der Waals surface area contributed by atoms with Gasteiger partial charge in [0.15, 0.2) is 12.4 Å². The van der Waals surface area contributed by atoms with E-state index in [9.17, 15) is 4.79 Å². The second-order valence-corrected chi connectivity index (χ2v) is 6.98.